The van der Waals surface area contributed by atoms with Gasteiger partial charge in [0.15, 0.2) is 0 Å². The number of hydrogen-bond acceptors (Lipinski definition) is 2. The van der Waals surface area contributed by atoms with Crippen molar-refractivity contribution in [1.29, 1.82) is 0 Å². The van der Waals surface area contributed by atoms with Gasteiger partial charge >= 0.3 is 0 Å². The second kappa shape index (κ2) is 6.23. The lowest BCUT2D eigenvalue weighted by molar-refractivity contribution is 0.0927. The molecule has 5 heteroatoms. The summed E-state index contributed by atoms with van der Waals surface area (Å²) in [6, 6.07) is 5.20. The Morgan fingerprint density at radius 2 is 2.11 bits per heavy atom. The molecule has 1 aromatic carbocycles. The lowest BCUT2D eigenvalue weighted by Crippen LogP contribution is -2.42. The van der Waals surface area contributed by atoms with Crippen LogP contribution in [0.3, 0.4) is 0 Å². The van der Waals surface area contributed by atoms with E-state index in [4.69, 9.17) is 0 Å². The van der Waals surface area contributed by atoms with Crippen LogP contribution in [0.15, 0.2) is 18.2 Å². The van der Waals surface area contributed by atoms with Crippen LogP contribution in [0.2, 0.25) is 0 Å². The van der Waals surface area contributed by atoms with E-state index in [1.807, 2.05) is 0 Å². The van der Waals surface area contributed by atoms with Gasteiger partial charge in [0.25, 0.3) is 5.91 Å². The lowest BCUT2D eigenvalue weighted by Gasteiger charge is -2.28. The predicted molar refractivity (Wildman–Crippen MR) is 83.3 cm³/mol. The van der Waals surface area contributed by atoms with E-state index in [1.54, 1.807) is 18.2 Å². The zero-order valence-electron chi connectivity index (χ0n) is 9.83. The number of alkyl halides is 1. The highest BCUT2D eigenvalue weighted by molar-refractivity contribution is 14.1. The molecule has 0 radical (unpaired) electrons. The quantitative estimate of drug-likeness (QED) is 0.565. The van der Waals surface area contributed by atoms with Gasteiger partial charge in [-0.15, -0.1) is 0 Å². The Morgan fingerprint density at radius 1 is 1.39 bits per heavy atom. The number of halogens is 2. The molecule has 0 heterocycles. The summed E-state index contributed by atoms with van der Waals surface area (Å²) in [5, 5.41) is 12.7. The van der Waals surface area contributed by atoms with Gasteiger partial charge in [0.05, 0.1) is 5.56 Å². The van der Waals surface area contributed by atoms with Crippen LogP contribution in [-0.4, -0.2) is 21.9 Å². The first-order valence-corrected chi connectivity index (χ1v) is 8.01. The zero-order chi connectivity index (χ0) is 13.1. The number of amides is 1. The molecule has 1 aliphatic rings. The third kappa shape index (κ3) is 3.38. The summed E-state index contributed by atoms with van der Waals surface area (Å²) in [6.07, 6.45) is 4.43. The minimum Gasteiger partial charge on any atom is -0.507 e. The number of aromatic hydroxyl groups is 1. The highest BCUT2D eigenvalue weighted by Crippen LogP contribution is 2.26. The van der Waals surface area contributed by atoms with Gasteiger partial charge in [-0.05, 0) is 53.6 Å². The molecular weight excluding hydrogens is 409 g/mol. The minimum absolute atomic E-state index is 0.0369. The number of phenols is 1. The third-order valence-electron chi connectivity index (χ3n) is 3.20. The second-order valence-corrected chi connectivity index (χ2v) is 6.96. The summed E-state index contributed by atoms with van der Waals surface area (Å²) < 4.78 is 0.939. The van der Waals surface area contributed by atoms with Gasteiger partial charge in [-0.3, -0.25) is 4.79 Å². The van der Waals surface area contributed by atoms with E-state index in [2.05, 4.69) is 43.8 Å². The summed E-state index contributed by atoms with van der Waals surface area (Å²) >= 11 is 5.74. The maximum absolute atomic E-state index is 12.1. The highest BCUT2D eigenvalue weighted by Gasteiger charge is 2.25. The second-order valence-electron chi connectivity index (χ2n) is 4.54. The molecule has 1 fully saturated rings. The normalized spacial score (nSPS) is 23.7. The van der Waals surface area contributed by atoms with Gasteiger partial charge < -0.3 is 10.4 Å². The zero-order valence-corrected chi connectivity index (χ0v) is 13.6. The molecule has 0 saturated heterocycles. The van der Waals surface area contributed by atoms with Crippen molar-refractivity contribution in [2.24, 2.45) is 0 Å². The van der Waals surface area contributed by atoms with Gasteiger partial charge in [-0.1, -0.05) is 28.8 Å². The van der Waals surface area contributed by atoms with Crippen molar-refractivity contribution in [3.63, 3.8) is 0 Å². The van der Waals surface area contributed by atoms with Crippen molar-refractivity contribution in [3.8, 4) is 5.75 Å². The van der Waals surface area contributed by atoms with Gasteiger partial charge in [0, 0.05) is 14.4 Å². The van der Waals surface area contributed by atoms with Crippen LogP contribution in [-0.2, 0) is 0 Å². The van der Waals surface area contributed by atoms with Crippen molar-refractivity contribution in [3.05, 3.63) is 27.3 Å². The van der Waals surface area contributed by atoms with Gasteiger partial charge in [-0.25, -0.2) is 0 Å². The standard InChI is InChI=1S/C13H15BrINO2/c14-10-3-1-2-4-11(10)16-13(18)9-7-8(15)5-6-12(9)17/h5-7,10-11,17H,1-4H2,(H,16,18). The fraction of sp³-hybridized carbons (Fsp3) is 0.462. The molecular formula is C13H15BrINO2. The van der Waals surface area contributed by atoms with Crippen LogP contribution < -0.4 is 5.32 Å². The van der Waals surface area contributed by atoms with Gasteiger partial charge in [0.1, 0.15) is 5.75 Å². The van der Waals surface area contributed by atoms with Crippen LogP contribution in [0, 0.1) is 3.57 Å². The van der Waals surface area contributed by atoms with Gasteiger partial charge in [-0.2, -0.15) is 0 Å². The number of hydrogen-bond donors (Lipinski definition) is 2. The molecule has 1 saturated carbocycles. The van der Waals surface area contributed by atoms with Crippen LogP contribution >= 0.6 is 38.5 Å². The Kier molecular flexibility index (Phi) is 4.89. The van der Waals surface area contributed by atoms with E-state index in [0.29, 0.717) is 10.4 Å². The van der Waals surface area contributed by atoms with Gasteiger partial charge in [0.2, 0.25) is 0 Å². The average Bonchev–Trinajstić information content (AvgIpc) is 2.35. The number of rotatable bonds is 2. The van der Waals surface area contributed by atoms with Crippen LogP contribution in [0.5, 0.6) is 5.75 Å². The molecule has 1 aromatic rings. The van der Waals surface area contributed by atoms with E-state index >= 15 is 0 Å². The molecule has 0 aliphatic heterocycles. The number of benzene rings is 1. The van der Waals surface area contributed by atoms with Crippen LogP contribution in [0.1, 0.15) is 36.0 Å². The Balaban J connectivity index is 2.09. The van der Waals surface area contributed by atoms with Crippen LogP contribution in [0.25, 0.3) is 0 Å². The molecule has 3 nitrogen and oxygen atoms in total. The molecule has 1 aliphatic carbocycles. The van der Waals surface area contributed by atoms with Crippen molar-refractivity contribution >= 4 is 44.4 Å². The Bertz CT molecular complexity index is 453. The summed E-state index contributed by atoms with van der Waals surface area (Å²) in [5.41, 5.74) is 0.354. The molecule has 2 rings (SSSR count). The van der Waals surface area contributed by atoms with Crippen molar-refractivity contribution in [2.75, 3.05) is 0 Å². The molecule has 0 aromatic heterocycles. The van der Waals surface area contributed by atoms with E-state index in [-0.39, 0.29) is 17.7 Å². The Labute approximate surface area is 129 Å². The van der Waals surface area contributed by atoms with Crippen molar-refractivity contribution < 1.29 is 9.90 Å². The summed E-state index contributed by atoms with van der Waals surface area (Å²) in [5.74, 6) is -0.155. The summed E-state index contributed by atoms with van der Waals surface area (Å²) in [6.45, 7) is 0. The van der Waals surface area contributed by atoms with E-state index in [1.165, 1.54) is 6.42 Å². The number of carbonyl (C=O) groups is 1. The molecule has 2 N–H and O–H groups in total. The first-order valence-electron chi connectivity index (χ1n) is 6.01. The lowest BCUT2D eigenvalue weighted by atomic mass is 9.95. The average molecular weight is 424 g/mol. The maximum Gasteiger partial charge on any atom is 0.255 e. The van der Waals surface area contributed by atoms with E-state index in [9.17, 15) is 9.90 Å². The number of carbonyl (C=O) groups excluding carboxylic acids is 1. The fourth-order valence-corrected chi connectivity index (χ4v) is 3.40. The largest absolute Gasteiger partial charge is 0.507 e. The molecule has 0 spiro atoms. The molecule has 0 bridgehead atoms. The van der Waals surface area contributed by atoms with E-state index in [0.717, 1.165) is 22.8 Å². The minimum atomic E-state index is -0.192. The Morgan fingerprint density at radius 3 is 2.83 bits per heavy atom. The SMILES string of the molecule is O=C(NC1CCCCC1Br)c1cc(I)ccc1O. The molecule has 2 unspecified atom stereocenters. The topological polar surface area (TPSA) is 49.3 Å². The smallest absolute Gasteiger partial charge is 0.255 e. The monoisotopic (exact) mass is 423 g/mol. The summed E-state index contributed by atoms with van der Waals surface area (Å²) in [4.78, 5) is 12.5. The highest BCUT2D eigenvalue weighted by atomic mass is 127. The fourth-order valence-electron chi connectivity index (χ4n) is 2.18. The third-order valence-corrected chi connectivity index (χ3v) is 4.97. The Hall–Kier alpha value is -0.300. The molecule has 98 valence electrons. The van der Waals surface area contributed by atoms with Crippen molar-refractivity contribution in [2.45, 2.75) is 36.6 Å². The molecule has 1 amide bonds. The van der Waals surface area contributed by atoms with Crippen molar-refractivity contribution in [1.82, 2.24) is 5.32 Å². The molecule has 18 heavy (non-hydrogen) atoms. The molecule has 2 atom stereocenters. The van der Waals surface area contributed by atoms with Crippen LogP contribution in [0.4, 0.5) is 0 Å². The summed E-state index contributed by atoms with van der Waals surface area (Å²) in [7, 11) is 0. The predicted octanol–water partition coefficient (Wildman–Crippen LogP) is 3.43. The van der Waals surface area contributed by atoms with E-state index < -0.39 is 0 Å². The first-order chi connectivity index (χ1) is 8.58. The number of phenolic OH excluding ortho intramolecular Hbond substituents is 1. The first kappa shape index (κ1) is 14.1. The number of nitrogens with one attached hydrogen (secondary N) is 1. The maximum atomic E-state index is 12.1.